The summed E-state index contributed by atoms with van der Waals surface area (Å²) in [5, 5.41) is 3.48. The van der Waals surface area contributed by atoms with Crippen molar-refractivity contribution in [2.45, 2.75) is 31.6 Å². The molecule has 0 aliphatic carbocycles. The van der Waals surface area contributed by atoms with Crippen LogP contribution in [0.4, 0.5) is 0 Å². The summed E-state index contributed by atoms with van der Waals surface area (Å²) in [5.41, 5.74) is 0.0579. The molecule has 2 rings (SSSR count). The van der Waals surface area contributed by atoms with Crippen molar-refractivity contribution in [3.63, 3.8) is 0 Å². The van der Waals surface area contributed by atoms with Gasteiger partial charge >= 0.3 is 0 Å². The molecule has 0 amide bonds. The zero-order valence-corrected chi connectivity index (χ0v) is 7.75. The highest BCUT2D eigenvalue weighted by molar-refractivity contribution is 7.99. The smallest absolute Gasteiger partial charge is 0.129 e. The number of hydrogen-bond acceptors (Lipinski definition) is 3. The largest absolute Gasteiger partial charge is 0.357 e. The van der Waals surface area contributed by atoms with Crippen molar-refractivity contribution in [2.75, 3.05) is 18.1 Å². The number of ether oxygens (including phenoxy) is 1. The van der Waals surface area contributed by atoms with E-state index in [0.717, 1.165) is 18.7 Å². The Balaban J connectivity index is 2.00. The number of thioether (sulfide) groups is 1. The first-order valence-corrected chi connectivity index (χ1v) is 5.47. The molecule has 1 spiro atoms. The van der Waals surface area contributed by atoms with Crippen LogP contribution >= 0.6 is 11.8 Å². The Morgan fingerprint density at radius 1 is 1.64 bits per heavy atom. The van der Waals surface area contributed by atoms with E-state index in [9.17, 15) is 0 Å². The standard InChI is InChI=1S/C8H15NOS/c1-7-2-4-9-8(10-7)3-5-11-6-8/h7,9H,2-6H2,1H3. The van der Waals surface area contributed by atoms with Crippen molar-refractivity contribution in [1.82, 2.24) is 5.32 Å². The Morgan fingerprint density at radius 3 is 3.18 bits per heavy atom. The summed E-state index contributed by atoms with van der Waals surface area (Å²) in [6.07, 6.45) is 2.80. The summed E-state index contributed by atoms with van der Waals surface area (Å²) in [6, 6.07) is 0. The van der Waals surface area contributed by atoms with Crippen LogP contribution in [0, 0.1) is 0 Å². The average molecular weight is 173 g/mol. The van der Waals surface area contributed by atoms with Crippen LogP contribution in [0.1, 0.15) is 19.8 Å². The lowest BCUT2D eigenvalue weighted by atomic mass is 10.1. The van der Waals surface area contributed by atoms with Crippen LogP contribution in [-0.4, -0.2) is 29.9 Å². The molecule has 2 fully saturated rings. The van der Waals surface area contributed by atoms with Gasteiger partial charge in [-0.1, -0.05) is 0 Å². The van der Waals surface area contributed by atoms with E-state index in [2.05, 4.69) is 12.2 Å². The molecule has 0 aromatic carbocycles. The average Bonchev–Trinajstić information content (AvgIpc) is 2.37. The first kappa shape index (κ1) is 7.90. The molecule has 1 N–H and O–H groups in total. The van der Waals surface area contributed by atoms with Crippen LogP contribution in [0.5, 0.6) is 0 Å². The molecule has 2 aliphatic rings. The van der Waals surface area contributed by atoms with Crippen LogP contribution in [0.15, 0.2) is 0 Å². The lowest BCUT2D eigenvalue weighted by Gasteiger charge is -2.37. The summed E-state index contributed by atoms with van der Waals surface area (Å²) >= 11 is 1.99. The molecular formula is C8H15NOS. The van der Waals surface area contributed by atoms with E-state index in [1.807, 2.05) is 11.8 Å². The Morgan fingerprint density at radius 2 is 2.55 bits per heavy atom. The van der Waals surface area contributed by atoms with Gasteiger partial charge in [-0.2, -0.15) is 11.8 Å². The highest BCUT2D eigenvalue weighted by Crippen LogP contribution is 2.32. The van der Waals surface area contributed by atoms with Gasteiger partial charge in [0.15, 0.2) is 0 Å². The third-order valence-corrected chi connectivity index (χ3v) is 3.57. The van der Waals surface area contributed by atoms with E-state index in [0.29, 0.717) is 6.10 Å². The molecule has 0 aromatic rings. The lowest BCUT2D eigenvalue weighted by Crippen LogP contribution is -2.54. The van der Waals surface area contributed by atoms with Gasteiger partial charge < -0.3 is 4.74 Å². The predicted molar refractivity (Wildman–Crippen MR) is 47.8 cm³/mol. The fourth-order valence-corrected chi connectivity index (χ4v) is 3.03. The molecule has 0 bridgehead atoms. The van der Waals surface area contributed by atoms with Crippen LogP contribution in [0.3, 0.4) is 0 Å². The minimum absolute atomic E-state index is 0.0579. The zero-order valence-electron chi connectivity index (χ0n) is 6.93. The number of hydrogen-bond donors (Lipinski definition) is 1. The molecule has 0 aromatic heterocycles. The molecule has 0 radical (unpaired) electrons. The van der Waals surface area contributed by atoms with Crippen molar-refractivity contribution in [1.29, 1.82) is 0 Å². The summed E-state index contributed by atoms with van der Waals surface area (Å²) in [6.45, 7) is 3.30. The molecule has 2 aliphatic heterocycles. The second kappa shape index (κ2) is 2.96. The summed E-state index contributed by atoms with van der Waals surface area (Å²) < 4.78 is 5.90. The van der Waals surface area contributed by atoms with Crippen molar-refractivity contribution in [2.24, 2.45) is 0 Å². The van der Waals surface area contributed by atoms with Crippen molar-refractivity contribution in [3.05, 3.63) is 0 Å². The summed E-state index contributed by atoms with van der Waals surface area (Å²) in [5.74, 6) is 2.39. The number of rotatable bonds is 0. The van der Waals surface area contributed by atoms with E-state index in [-0.39, 0.29) is 5.72 Å². The minimum Gasteiger partial charge on any atom is -0.357 e. The van der Waals surface area contributed by atoms with E-state index >= 15 is 0 Å². The SMILES string of the molecule is CC1CCNC2(CCSC2)O1. The molecule has 2 heterocycles. The van der Waals surface area contributed by atoms with Crippen molar-refractivity contribution >= 4 is 11.8 Å². The van der Waals surface area contributed by atoms with Gasteiger partial charge in [0.2, 0.25) is 0 Å². The molecule has 3 heteroatoms. The second-order valence-corrected chi connectivity index (χ2v) is 4.55. The van der Waals surface area contributed by atoms with Gasteiger partial charge in [0.05, 0.1) is 6.10 Å². The van der Waals surface area contributed by atoms with E-state index in [1.54, 1.807) is 0 Å². The Labute approximate surface area is 72.1 Å². The van der Waals surface area contributed by atoms with Crippen molar-refractivity contribution < 1.29 is 4.74 Å². The first-order chi connectivity index (χ1) is 5.31. The van der Waals surface area contributed by atoms with Gasteiger partial charge in [-0.25, -0.2) is 0 Å². The lowest BCUT2D eigenvalue weighted by molar-refractivity contribution is -0.118. The maximum Gasteiger partial charge on any atom is 0.129 e. The van der Waals surface area contributed by atoms with Crippen LogP contribution in [0.2, 0.25) is 0 Å². The van der Waals surface area contributed by atoms with E-state index in [4.69, 9.17) is 4.74 Å². The molecule has 64 valence electrons. The van der Waals surface area contributed by atoms with E-state index in [1.165, 1.54) is 12.2 Å². The third-order valence-electron chi connectivity index (χ3n) is 2.41. The molecule has 2 nitrogen and oxygen atoms in total. The second-order valence-electron chi connectivity index (χ2n) is 3.44. The van der Waals surface area contributed by atoms with Gasteiger partial charge in [-0.3, -0.25) is 5.32 Å². The number of nitrogens with one attached hydrogen (secondary N) is 1. The molecular weight excluding hydrogens is 158 g/mol. The Kier molecular flexibility index (Phi) is 2.12. The fraction of sp³-hybridized carbons (Fsp3) is 1.00. The normalized spacial score (nSPS) is 45.0. The van der Waals surface area contributed by atoms with Gasteiger partial charge in [-0.05, 0) is 25.5 Å². The molecule has 2 unspecified atom stereocenters. The molecule has 2 saturated heterocycles. The van der Waals surface area contributed by atoms with Crippen LogP contribution in [0.25, 0.3) is 0 Å². The maximum atomic E-state index is 5.90. The quantitative estimate of drug-likeness (QED) is 0.595. The van der Waals surface area contributed by atoms with Gasteiger partial charge in [0.1, 0.15) is 5.72 Å². The van der Waals surface area contributed by atoms with Crippen LogP contribution in [-0.2, 0) is 4.74 Å². The van der Waals surface area contributed by atoms with Crippen LogP contribution < -0.4 is 5.32 Å². The summed E-state index contributed by atoms with van der Waals surface area (Å²) in [4.78, 5) is 0. The third kappa shape index (κ3) is 1.55. The van der Waals surface area contributed by atoms with Gasteiger partial charge in [0, 0.05) is 12.3 Å². The minimum atomic E-state index is 0.0579. The molecule has 2 atom stereocenters. The molecule has 0 saturated carbocycles. The predicted octanol–water partition coefficient (Wildman–Crippen LogP) is 1.22. The Hall–Kier alpha value is 0.270. The fourth-order valence-electron chi connectivity index (χ4n) is 1.77. The zero-order chi connectivity index (χ0) is 7.73. The topological polar surface area (TPSA) is 21.3 Å². The van der Waals surface area contributed by atoms with Gasteiger partial charge in [-0.15, -0.1) is 0 Å². The highest BCUT2D eigenvalue weighted by atomic mass is 32.2. The monoisotopic (exact) mass is 173 g/mol. The Bertz CT molecular complexity index is 145. The van der Waals surface area contributed by atoms with E-state index < -0.39 is 0 Å². The first-order valence-electron chi connectivity index (χ1n) is 4.31. The maximum absolute atomic E-state index is 5.90. The van der Waals surface area contributed by atoms with Crippen molar-refractivity contribution in [3.8, 4) is 0 Å². The molecule has 11 heavy (non-hydrogen) atoms. The highest BCUT2D eigenvalue weighted by Gasteiger charge is 2.38. The summed E-state index contributed by atoms with van der Waals surface area (Å²) in [7, 11) is 0. The van der Waals surface area contributed by atoms with Gasteiger partial charge in [0.25, 0.3) is 0 Å².